The van der Waals surface area contributed by atoms with Crippen LogP contribution in [0.1, 0.15) is 18.7 Å². The van der Waals surface area contributed by atoms with Crippen LogP contribution in [-0.2, 0) is 17.9 Å². The van der Waals surface area contributed by atoms with E-state index in [0.29, 0.717) is 17.5 Å². The van der Waals surface area contributed by atoms with Gasteiger partial charge in [-0.15, -0.1) is 10.2 Å². The molecule has 1 spiro atoms. The second kappa shape index (κ2) is 5.54. The number of carbonyl (C=O) groups is 1. The quantitative estimate of drug-likeness (QED) is 0.892. The van der Waals surface area contributed by atoms with Crippen LogP contribution in [0.25, 0.3) is 11.4 Å². The van der Waals surface area contributed by atoms with Crippen molar-refractivity contribution in [3.8, 4) is 11.4 Å². The number of halogens is 1. The Labute approximate surface area is 151 Å². The van der Waals surface area contributed by atoms with Crippen molar-refractivity contribution < 1.29 is 4.79 Å². The molecule has 6 nitrogen and oxygen atoms in total. The van der Waals surface area contributed by atoms with E-state index >= 15 is 0 Å². The third-order valence-corrected chi connectivity index (χ3v) is 6.18. The van der Waals surface area contributed by atoms with E-state index in [1.54, 1.807) is 0 Å². The molecule has 1 aliphatic carbocycles. The molecule has 1 saturated heterocycles. The minimum absolute atomic E-state index is 0.202. The molecule has 1 aromatic carbocycles. The summed E-state index contributed by atoms with van der Waals surface area (Å²) in [7, 11) is 0. The zero-order chi connectivity index (χ0) is 17.0. The van der Waals surface area contributed by atoms with Gasteiger partial charge in [0, 0.05) is 36.1 Å². The maximum absolute atomic E-state index is 12.9. The summed E-state index contributed by atoms with van der Waals surface area (Å²) in [6.07, 6.45) is 2.17. The molecule has 2 atom stereocenters. The fourth-order valence-electron chi connectivity index (χ4n) is 4.31. The lowest BCUT2D eigenvalue weighted by atomic mass is 10.0. The van der Waals surface area contributed by atoms with Crippen molar-refractivity contribution >= 4 is 17.5 Å². The number of fused-ring (bicyclic) bond motifs is 1. The average Bonchev–Trinajstić information content (AvgIpc) is 2.96. The number of nitrogens with zero attached hydrogens (tertiary/aromatic N) is 4. The first kappa shape index (κ1) is 15.3. The van der Waals surface area contributed by atoms with Gasteiger partial charge in [-0.05, 0) is 49.1 Å². The highest BCUT2D eigenvalue weighted by Crippen LogP contribution is 2.57. The summed E-state index contributed by atoms with van der Waals surface area (Å²) >= 11 is 5.97. The summed E-state index contributed by atoms with van der Waals surface area (Å²) in [5, 5.41) is 12.8. The second-order valence-corrected chi connectivity index (χ2v) is 7.84. The van der Waals surface area contributed by atoms with Gasteiger partial charge in [0.05, 0.1) is 6.54 Å². The average molecular weight is 358 g/mol. The lowest BCUT2D eigenvalue weighted by Crippen LogP contribution is -2.40. The van der Waals surface area contributed by atoms with E-state index in [4.69, 9.17) is 11.6 Å². The zero-order valence-corrected chi connectivity index (χ0v) is 14.7. The Morgan fingerprint density at radius 3 is 2.84 bits per heavy atom. The van der Waals surface area contributed by atoms with Crippen LogP contribution in [0.5, 0.6) is 0 Å². The molecule has 1 aromatic heterocycles. The molecule has 1 N–H and O–H groups in total. The van der Waals surface area contributed by atoms with Gasteiger partial charge in [0.15, 0.2) is 11.6 Å². The summed E-state index contributed by atoms with van der Waals surface area (Å²) in [5.41, 5.74) is 1.25. The normalized spacial score (nSPS) is 27.6. The van der Waals surface area contributed by atoms with Crippen LogP contribution in [0.4, 0.5) is 0 Å². The molecule has 2 aliphatic heterocycles. The summed E-state index contributed by atoms with van der Waals surface area (Å²) in [6, 6.07) is 7.63. The van der Waals surface area contributed by atoms with Crippen LogP contribution in [-0.4, -0.2) is 45.2 Å². The Kier molecular flexibility index (Phi) is 3.40. The molecule has 130 valence electrons. The van der Waals surface area contributed by atoms with Crippen molar-refractivity contribution in [2.45, 2.75) is 25.9 Å². The van der Waals surface area contributed by atoms with Gasteiger partial charge in [-0.25, -0.2) is 0 Å². The van der Waals surface area contributed by atoms with Crippen LogP contribution < -0.4 is 5.32 Å². The standard InChI is InChI=1S/C18H20ClN5O/c19-13-3-1-12(2-4-13)16-22-21-15-10-23(7-8-24(15)16)17(25)14-9-18(14)5-6-20-11-18/h1-4,14,20H,5-11H2. The molecule has 1 amide bonds. The minimum Gasteiger partial charge on any atom is -0.333 e. The van der Waals surface area contributed by atoms with E-state index in [-0.39, 0.29) is 11.3 Å². The molecule has 2 fully saturated rings. The number of hydrogen-bond acceptors (Lipinski definition) is 4. The summed E-state index contributed by atoms with van der Waals surface area (Å²) in [6.45, 7) is 4.06. The predicted molar refractivity (Wildman–Crippen MR) is 93.9 cm³/mol. The SMILES string of the molecule is O=C(C1CC12CCNC2)N1CCn2c(nnc2-c2ccc(Cl)cc2)C1. The van der Waals surface area contributed by atoms with Crippen LogP contribution in [0, 0.1) is 11.3 Å². The molecule has 5 rings (SSSR count). The van der Waals surface area contributed by atoms with E-state index < -0.39 is 0 Å². The van der Waals surface area contributed by atoms with Gasteiger partial charge >= 0.3 is 0 Å². The number of benzene rings is 1. The van der Waals surface area contributed by atoms with E-state index in [9.17, 15) is 4.79 Å². The number of carbonyl (C=O) groups excluding carboxylic acids is 1. The van der Waals surface area contributed by atoms with Crippen molar-refractivity contribution in [3.63, 3.8) is 0 Å². The van der Waals surface area contributed by atoms with Crippen LogP contribution in [0.2, 0.25) is 5.02 Å². The highest BCUT2D eigenvalue weighted by atomic mass is 35.5. The molecule has 2 unspecified atom stereocenters. The second-order valence-electron chi connectivity index (χ2n) is 7.40. The number of rotatable bonds is 2. The van der Waals surface area contributed by atoms with E-state index in [0.717, 1.165) is 56.2 Å². The van der Waals surface area contributed by atoms with E-state index in [1.165, 1.54) is 0 Å². The van der Waals surface area contributed by atoms with Crippen LogP contribution >= 0.6 is 11.6 Å². The molecular weight excluding hydrogens is 338 g/mol. The molecule has 3 aliphatic rings. The maximum Gasteiger partial charge on any atom is 0.226 e. The predicted octanol–water partition coefficient (Wildman–Crippen LogP) is 1.94. The molecule has 7 heteroatoms. The third kappa shape index (κ3) is 2.47. The van der Waals surface area contributed by atoms with Crippen molar-refractivity contribution in [3.05, 3.63) is 35.1 Å². The molecule has 3 heterocycles. The Morgan fingerprint density at radius 1 is 1.24 bits per heavy atom. The molecule has 1 saturated carbocycles. The lowest BCUT2D eigenvalue weighted by molar-refractivity contribution is -0.134. The lowest BCUT2D eigenvalue weighted by Gasteiger charge is -2.28. The van der Waals surface area contributed by atoms with Crippen LogP contribution in [0.15, 0.2) is 24.3 Å². The van der Waals surface area contributed by atoms with Gasteiger partial charge in [-0.3, -0.25) is 4.79 Å². The summed E-state index contributed by atoms with van der Waals surface area (Å²) < 4.78 is 2.12. The summed E-state index contributed by atoms with van der Waals surface area (Å²) in [4.78, 5) is 14.8. The Morgan fingerprint density at radius 2 is 2.08 bits per heavy atom. The van der Waals surface area contributed by atoms with E-state index in [2.05, 4.69) is 20.1 Å². The van der Waals surface area contributed by atoms with Gasteiger partial charge in [-0.2, -0.15) is 0 Å². The number of amides is 1. The number of hydrogen-bond donors (Lipinski definition) is 1. The fraction of sp³-hybridized carbons (Fsp3) is 0.500. The van der Waals surface area contributed by atoms with Crippen molar-refractivity contribution in [1.29, 1.82) is 0 Å². The first-order chi connectivity index (χ1) is 12.2. The smallest absolute Gasteiger partial charge is 0.226 e. The van der Waals surface area contributed by atoms with Gasteiger partial charge in [0.2, 0.25) is 5.91 Å². The van der Waals surface area contributed by atoms with Crippen molar-refractivity contribution in [2.24, 2.45) is 11.3 Å². The molecular formula is C18H20ClN5O. The summed E-state index contributed by atoms with van der Waals surface area (Å²) in [5.74, 6) is 2.21. The van der Waals surface area contributed by atoms with Gasteiger partial charge in [-0.1, -0.05) is 11.6 Å². The minimum atomic E-state index is 0.202. The van der Waals surface area contributed by atoms with Crippen molar-refractivity contribution in [2.75, 3.05) is 19.6 Å². The zero-order valence-electron chi connectivity index (χ0n) is 13.9. The Hall–Kier alpha value is -1.92. The Balaban J connectivity index is 1.34. The third-order valence-electron chi connectivity index (χ3n) is 5.93. The maximum atomic E-state index is 12.9. The molecule has 2 aromatic rings. The van der Waals surface area contributed by atoms with Gasteiger partial charge < -0.3 is 14.8 Å². The number of aromatic nitrogens is 3. The highest BCUT2D eigenvalue weighted by Gasteiger charge is 2.59. The van der Waals surface area contributed by atoms with E-state index in [1.807, 2.05) is 29.2 Å². The van der Waals surface area contributed by atoms with Gasteiger partial charge in [0.25, 0.3) is 0 Å². The first-order valence-corrected chi connectivity index (χ1v) is 9.22. The topological polar surface area (TPSA) is 63.1 Å². The Bertz CT molecular complexity index is 824. The van der Waals surface area contributed by atoms with Gasteiger partial charge in [0.1, 0.15) is 0 Å². The first-order valence-electron chi connectivity index (χ1n) is 8.84. The largest absolute Gasteiger partial charge is 0.333 e. The molecule has 25 heavy (non-hydrogen) atoms. The monoisotopic (exact) mass is 357 g/mol. The fourth-order valence-corrected chi connectivity index (χ4v) is 4.44. The number of nitrogens with one attached hydrogen (secondary N) is 1. The molecule has 0 bridgehead atoms. The highest BCUT2D eigenvalue weighted by molar-refractivity contribution is 6.30. The van der Waals surface area contributed by atoms with Crippen LogP contribution in [0.3, 0.4) is 0 Å². The molecule has 0 radical (unpaired) electrons. The van der Waals surface area contributed by atoms with Crippen molar-refractivity contribution in [1.82, 2.24) is 25.0 Å².